The van der Waals surface area contributed by atoms with Crippen molar-refractivity contribution in [3.8, 4) is 0 Å². The maximum Gasteiger partial charge on any atom is 0.320 e. The lowest BCUT2D eigenvalue weighted by Gasteiger charge is -2.08. The average Bonchev–Trinajstić information content (AvgIpc) is 2.41. The molecule has 0 fully saturated rings. The van der Waals surface area contributed by atoms with E-state index in [9.17, 15) is 4.79 Å². The molecule has 2 aromatic rings. The summed E-state index contributed by atoms with van der Waals surface area (Å²) in [5.41, 5.74) is 3.21. The number of benzene rings is 1. The third-order valence-corrected chi connectivity index (χ3v) is 2.82. The molecule has 0 saturated carbocycles. The van der Waals surface area contributed by atoms with Gasteiger partial charge in [-0.25, -0.2) is 9.78 Å². The fourth-order valence-corrected chi connectivity index (χ4v) is 1.66. The van der Waals surface area contributed by atoms with Crippen molar-refractivity contribution in [2.24, 2.45) is 0 Å². The summed E-state index contributed by atoms with van der Waals surface area (Å²) in [4.78, 5) is 15.9. The Bertz CT molecular complexity index is 564. The molecule has 2 N–H and O–H groups in total. The predicted octanol–water partition coefficient (Wildman–Crippen LogP) is 3.02. The molecule has 0 unspecified atom stereocenters. The number of hydrogen-bond acceptors (Lipinski definition) is 2. The van der Waals surface area contributed by atoms with Gasteiger partial charge in [-0.3, -0.25) is 5.32 Å². The van der Waals surface area contributed by atoms with Crippen LogP contribution in [0, 0.1) is 13.8 Å². The van der Waals surface area contributed by atoms with E-state index in [1.54, 1.807) is 6.20 Å². The van der Waals surface area contributed by atoms with E-state index in [0.29, 0.717) is 12.4 Å². The second kappa shape index (κ2) is 6.00. The average molecular weight is 255 g/mol. The van der Waals surface area contributed by atoms with Gasteiger partial charge in [0.25, 0.3) is 0 Å². The van der Waals surface area contributed by atoms with Crippen LogP contribution in [0.1, 0.15) is 16.7 Å². The van der Waals surface area contributed by atoms with Crippen molar-refractivity contribution >= 4 is 11.8 Å². The molecule has 4 heteroatoms. The van der Waals surface area contributed by atoms with Crippen molar-refractivity contribution in [2.45, 2.75) is 20.4 Å². The highest BCUT2D eigenvalue weighted by Crippen LogP contribution is 2.08. The first kappa shape index (κ1) is 13.1. The van der Waals surface area contributed by atoms with Crippen LogP contribution in [0.5, 0.6) is 0 Å². The minimum atomic E-state index is -0.248. The van der Waals surface area contributed by atoms with Crippen LogP contribution in [0.3, 0.4) is 0 Å². The number of carbonyl (C=O) groups excluding carboxylic acids is 1. The predicted molar refractivity (Wildman–Crippen MR) is 76.0 cm³/mol. The Balaban J connectivity index is 1.88. The third-order valence-electron chi connectivity index (χ3n) is 2.82. The van der Waals surface area contributed by atoms with E-state index in [4.69, 9.17) is 0 Å². The Morgan fingerprint density at radius 2 is 1.89 bits per heavy atom. The summed E-state index contributed by atoms with van der Waals surface area (Å²) >= 11 is 0. The lowest BCUT2D eigenvalue weighted by atomic mass is 10.1. The molecule has 1 aromatic heterocycles. The Hall–Kier alpha value is -2.36. The number of rotatable bonds is 3. The summed E-state index contributed by atoms with van der Waals surface area (Å²) in [6, 6.07) is 11.6. The number of anilines is 1. The smallest absolute Gasteiger partial charge is 0.320 e. The van der Waals surface area contributed by atoms with Gasteiger partial charge < -0.3 is 5.32 Å². The van der Waals surface area contributed by atoms with E-state index in [-0.39, 0.29) is 6.03 Å². The standard InChI is InChI=1S/C15H17N3O/c1-11-5-7-13(8-6-11)10-17-15(19)18-14-12(2)4-3-9-16-14/h3-9H,10H2,1-2H3,(H2,16,17,18,19). The fraction of sp³-hybridized carbons (Fsp3) is 0.200. The Kier molecular flexibility index (Phi) is 4.13. The largest absolute Gasteiger partial charge is 0.334 e. The van der Waals surface area contributed by atoms with Gasteiger partial charge in [0.2, 0.25) is 0 Å². The molecule has 98 valence electrons. The van der Waals surface area contributed by atoms with Crippen molar-refractivity contribution in [2.75, 3.05) is 5.32 Å². The van der Waals surface area contributed by atoms with Crippen LogP contribution >= 0.6 is 0 Å². The molecular formula is C15H17N3O. The molecule has 2 amide bonds. The number of carbonyl (C=O) groups is 1. The monoisotopic (exact) mass is 255 g/mol. The van der Waals surface area contributed by atoms with E-state index in [2.05, 4.69) is 15.6 Å². The first-order chi connectivity index (χ1) is 9.15. The third kappa shape index (κ3) is 3.81. The van der Waals surface area contributed by atoms with Crippen LogP contribution in [0.2, 0.25) is 0 Å². The van der Waals surface area contributed by atoms with Crippen molar-refractivity contribution < 1.29 is 4.79 Å². The maximum atomic E-state index is 11.7. The number of nitrogens with zero attached hydrogens (tertiary/aromatic N) is 1. The Morgan fingerprint density at radius 3 is 2.58 bits per heavy atom. The van der Waals surface area contributed by atoms with Crippen LogP contribution in [0.15, 0.2) is 42.6 Å². The first-order valence-electron chi connectivity index (χ1n) is 6.17. The molecule has 1 aromatic carbocycles. The van der Waals surface area contributed by atoms with E-state index >= 15 is 0 Å². The van der Waals surface area contributed by atoms with Gasteiger partial charge in [0.15, 0.2) is 0 Å². The van der Waals surface area contributed by atoms with Crippen LogP contribution in [-0.2, 0) is 6.54 Å². The van der Waals surface area contributed by atoms with Crippen LogP contribution < -0.4 is 10.6 Å². The molecule has 0 radical (unpaired) electrons. The van der Waals surface area contributed by atoms with Crippen LogP contribution in [0.4, 0.5) is 10.6 Å². The van der Waals surface area contributed by atoms with Gasteiger partial charge in [-0.2, -0.15) is 0 Å². The quantitative estimate of drug-likeness (QED) is 0.885. The second-order valence-electron chi connectivity index (χ2n) is 4.46. The molecule has 2 rings (SSSR count). The number of aromatic nitrogens is 1. The van der Waals surface area contributed by atoms with Crippen LogP contribution in [-0.4, -0.2) is 11.0 Å². The highest BCUT2D eigenvalue weighted by Gasteiger charge is 2.04. The van der Waals surface area contributed by atoms with Crippen molar-refractivity contribution in [3.63, 3.8) is 0 Å². The first-order valence-corrected chi connectivity index (χ1v) is 6.17. The van der Waals surface area contributed by atoms with Crippen molar-refractivity contribution in [1.82, 2.24) is 10.3 Å². The van der Waals surface area contributed by atoms with Gasteiger partial charge in [-0.05, 0) is 31.0 Å². The van der Waals surface area contributed by atoms with Crippen molar-refractivity contribution in [1.29, 1.82) is 0 Å². The van der Waals surface area contributed by atoms with Gasteiger partial charge in [0, 0.05) is 12.7 Å². The normalized spacial score (nSPS) is 10.0. The molecule has 0 spiro atoms. The highest BCUT2D eigenvalue weighted by molar-refractivity contribution is 5.88. The minimum absolute atomic E-state index is 0.248. The Morgan fingerprint density at radius 1 is 1.16 bits per heavy atom. The molecule has 0 aliphatic heterocycles. The SMILES string of the molecule is Cc1ccc(CNC(=O)Nc2ncccc2C)cc1. The van der Waals surface area contributed by atoms with Crippen LogP contribution in [0.25, 0.3) is 0 Å². The summed E-state index contributed by atoms with van der Waals surface area (Å²) in [5, 5.41) is 5.53. The minimum Gasteiger partial charge on any atom is -0.334 e. The lowest BCUT2D eigenvalue weighted by Crippen LogP contribution is -2.28. The van der Waals surface area contributed by atoms with E-state index < -0.39 is 0 Å². The van der Waals surface area contributed by atoms with Gasteiger partial charge >= 0.3 is 6.03 Å². The number of pyridine rings is 1. The second-order valence-corrected chi connectivity index (χ2v) is 4.46. The zero-order valence-electron chi connectivity index (χ0n) is 11.1. The van der Waals surface area contributed by atoms with Gasteiger partial charge in [0.05, 0.1) is 0 Å². The molecule has 4 nitrogen and oxygen atoms in total. The molecule has 0 bridgehead atoms. The summed E-state index contributed by atoms with van der Waals surface area (Å²) in [5.74, 6) is 0.587. The summed E-state index contributed by atoms with van der Waals surface area (Å²) in [7, 11) is 0. The lowest BCUT2D eigenvalue weighted by molar-refractivity contribution is 0.251. The van der Waals surface area contributed by atoms with Gasteiger partial charge in [0.1, 0.15) is 5.82 Å². The highest BCUT2D eigenvalue weighted by atomic mass is 16.2. The topological polar surface area (TPSA) is 54.0 Å². The van der Waals surface area contributed by atoms with Crippen molar-refractivity contribution in [3.05, 3.63) is 59.3 Å². The zero-order chi connectivity index (χ0) is 13.7. The fourth-order valence-electron chi connectivity index (χ4n) is 1.66. The molecule has 1 heterocycles. The Labute approximate surface area is 112 Å². The maximum absolute atomic E-state index is 11.7. The van der Waals surface area contributed by atoms with E-state index in [1.165, 1.54) is 5.56 Å². The number of hydrogen-bond donors (Lipinski definition) is 2. The number of urea groups is 1. The molecule has 0 saturated heterocycles. The van der Waals surface area contributed by atoms with Gasteiger partial charge in [-0.1, -0.05) is 35.9 Å². The molecule has 0 aliphatic rings. The molecule has 0 atom stereocenters. The van der Waals surface area contributed by atoms with E-state index in [0.717, 1.165) is 11.1 Å². The zero-order valence-corrected chi connectivity index (χ0v) is 11.1. The summed E-state index contributed by atoms with van der Waals surface area (Å²) in [6.07, 6.45) is 1.66. The summed E-state index contributed by atoms with van der Waals surface area (Å²) in [6.45, 7) is 4.44. The number of aryl methyl sites for hydroxylation is 2. The summed E-state index contributed by atoms with van der Waals surface area (Å²) < 4.78 is 0. The number of nitrogens with one attached hydrogen (secondary N) is 2. The van der Waals surface area contributed by atoms with Gasteiger partial charge in [-0.15, -0.1) is 0 Å². The van der Waals surface area contributed by atoms with E-state index in [1.807, 2.05) is 50.2 Å². The number of amides is 2. The molecule has 19 heavy (non-hydrogen) atoms. The molecule has 0 aliphatic carbocycles. The molecular weight excluding hydrogens is 238 g/mol.